The van der Waals surface area contributed by atoms with E-state index in [4.69, 9.17) is 0 Å². The number of hydrogen-bond donors (Lipinski definition) is 0. The molecule has 0 fully saturated rings. The van der Waals surface area contributed by atoms with Gasteiger partial charge in [0.05, 0.1) is 0 Å². The van der Waals surface area contributed by atoms with Crippen LogP contribution in [0.25, 0.3) is 0 Å². The summed E-state index contributed by atoms with van der Waals surface area (Å²) in [6.45, 7) is 0. The van der Waals surface area contributed by atoms with E-state index in [1.807, 2.05) is 0 Å². The van der Waals surface area contributed by atoms with Gasteiger partial charge in [0.2, 0.25) is 0 Å². The Hall–Kier alpha value is 0.539. The third-order valence-corrected chi connectivity index (χ3v) is 2.10. The quantitative estimate of drug-likeness (QED) is 0.474. The van der Waals surface area contributed by atoms with E-state index in [0.29, 0.717) is 0 Å². The van der Waals surface area contributed by atoms with Crippen LogP contribution in [-0.4, -0.2) is 22.5 Å². The fourth-order valence-corrected chi connectivity index (χ4v) is 1.11. The molecule has 1 aliphatic rings. The first kappa shape index (κ1) is 3.72. The van der Waals surface area contributed by atoms with E-state index in [0.717, 1.165) is 0 Å². The predicted molar refractivity (Wildman–Crippen MR) is 23.1 cm³/mol. The Balaban J connectivity index is 2.51. The standard InChI is InChI=1S/C4H5.Sn/c1-2-4-3-1;/h1H,2,4H2;. The summed E-state index contributed by atoms with van der Waals surface area (Å²) in [5.41, 5.74) is 0. The zero-order valence-electron chi connectivity index (χ0n) is 2.99. The van der Waals surface area contributed by atoms with Gasteiger partial charge in [0.25, 0.3) is 0 Å². The fourth-order valence-electron chi connectivity index (χ4n) is 0.289. The normalized spacial score (nSPS) is 20.6. The van der Waals surface area contributed by atoms with Crippen molar-refractivity contribution >= 4 is 22.5 Å². The monoisotopic (exact) mass is 173 g/mol. The molecule has 0 unspecified atom stereocenters. The van der Waals surface area contributed by atoms with E-state index in [-0.39, 0.29) is 0 Å². The molecule has 0 spiro atoms. The van der Waals surface area contributed by atoms with Crippen LogP contribution in [0.3, 0.4) is 0 Å². The molecule has 0 amide bonds. The van der Waals surface area contributed by atoms with Crippen LogP contribution in [0.15, 0.2) is 9.67 Å². The van der Waals surface area contributed by atoms with Crippen molar-refractivity contribution in [2.45, 2.75) is 12.8 Å². The van der Waals surface area contributed by atoms with Crippen LogP contribution >= 0.6 is 0 Å². The van der Waals surface area contributed by atoms with E-state index in [9.17, 15) is 0 Å². The zero-order valence-corrected chi connectivity index (χ0v) is 5.85. The molecule has 5 heavy (non-hydrogen) atoms. The molecule has 0 saturated carbocycles. The number of hydrogen-bond acceptors (Lipinski definition) is 0. The molecule has 1 aliphatic carbocycles. The summed E-state index contributed by atoms with van der Waals surface area (Å²) in [6.07, 6.45) is 5.04. The minimum absolute atomic E-state index is 1.35. The molecule has 1 heteroatoms. The molecule has 0 aliphatic heterocycles. The van der Waals surface area contributed by atoms with Gasteiger partial charge in [-0.15, -0.1) is 0 Å². The molecule has 0 atom stereocenters. The molecule has 25 valence electrons. The second-order valence-electron chi connectivity index (χ2n) is 1.27. The second kappa shape index (κ2) is 1.33. The van der Waals surface area contributed by atoms with Crippen LogP contribution in [0.1, 0.15) is 12.8 Å². The summed E-state index contributed by atoms with van der Waals surface area (Å²) in [7, 11) is 0. The first-order valence-electron chi connectivity index (χ1n) is 1.80. The van der Waals surface area contributed by atoms with Gasteiger partial charge in [-0.05, 0) is 0 Å². The third kappa shape index (κ3) is 0.684. The van der Waals surface area contributed by atoms with Crippen molar-refractivity contribution < 1.29 is 0 Å². The number of allylic oxidation sites excluding steroid dienone is 2. The molecule has 1 rings (SSSR count). The van der Waals surface area contributed by atoms with Gasteiger partial charge in [0.15, 0.2) is 0 Å². The Morgan fingerprint density at radius 2 is 2.20 bits per heavy atom. The molecule has 0 aromatic carbocycles. The molecule has 3 radical (unpaired) electrons. The molecule has 0 saturated heterocycles. The molecule has 0 bridgehead atoms. The van der Waals surface area contributed by atoms with Gasteiger partial charge in [0.1, 0.15) is 0 Å². The van der Waals surface area contributed by atoms with Crippen LogP contribution < -0.4 is 0 Å². The van der Waals surface area contributed by atoms with Crippen molar-refractivity contribution in [2.24, 2.45) is 0 Å². The van der Waals surface area contributed by atoms with Crippen LogP contribution in [-0.2, 0) is 0 Å². The second-order valence-corrected chi connectivity index (χ2v) is 3.10. The van der Waals surface area contributed by atoms with Gasteiger partial charge in [-0.2, -0.15) is 0 Å². The fraction of sp³-hybridized carbons (Fsp3) is 0.500. The molecule has 0 aromatic rings. The molecule has 0 nitrogen and oxygen atoms in total. The van der Waals surface area contributed by atoms with Gasteiger partial charge >= 0.3 is 45.0 Å². The third-order valence-electron chi connectivity index (χ3n) is 0.804. The van der Waals surface area contributed by atoms with E-state index in [1.165, 1.54) is 12.8 Å². The van der Waals surface area contributed by atoms with Gasteiger partial charge < -0.3 is 0 Å². The van der Waals surface area contributed by atoms with Crippen molar-refractivity contribution in [2.75, 3.05) is 0 Å². The van der Waals surface area contributed by atoms with Crippen LogP contribution in [0.5, 0.6) is 0 Å². The Bertz CT molecular complexity index is 64.0. The average Bonchev–Trinajstić information content (AvgIpc) is 1.30. The summed E-state index contributed by atoms with van der Waals surface area (Å²) in [5, 5.41) is 0. The minimum atomic E-state index is 1.35. The Morgan fingerprint density at radius 1 is 1.80 bits per heavy atom. The first-order chi connectivity index (χ1) is 2.39. The maximum atomic E-state index is 2.30. The van der Waals surface area contributed by atoms with Gasteiger partial charge in [-0.3, -0.25) is 0 Å². The summed E-state index contributed by atoms with van der Waals surface area (Å²) in [6, 6.07) is 0. The van der Waals surface area contributed by atoms with E-state index < -0.39 is 0 Å². The topological polar surface area (TPSA) is 0 Å². The molecule has 0 N–H and O–H groups in total. The summed E-state index contributed by atoms with van der Waals surface area (Å²) in [4.78, 5) is 0. The van der Waals surface area contributed by atoms with Crippen molar-refractivity contribution in [1.29, 1.82) is 0 Å². The summed E-state index contributed by atoms with van der Waals surface area (Å²) in [5.74, 6) is 0. The average molecular weight is 172 g/mol. The summed E-state index contributed by atoms with van der Waals surface area (Å²) >= 11 is 1.62. The predicted octanol–water partition coefficient (Wildman–Crippen LogP) is 0.833. The maximum absolute atomic E-state index is 2.30. The van der Waals surface area contributed by atoms with E-state index >= 15 is 0 Å². The summed E-state index contributed by atoms with van der Waals surface area (Å²) < 4.78 is 1.65. The SMILES string of the molecule is [Sn][C]1=CCC1. The first-order valence-corrected chi connectivity index (χ1v) is 3.23. The zero-order chi connectivity index (χ0) is 3.70. The van der Waals surface area contributed by atoms with Crippen molar-refractivity contribution in [3.63, 3.8) is 0 Å². The molecule has 0 heterocycles. The molecular weight excluding hydrogens is 167 g/mol. The molecular formula is C4H5Sn. The Morgan fingerprint density at radius 3 is 2.20 bits per heavy atom. The van der Waals surface area contributed by atoms with Crippen molar-refractivity contribution in [3.05, 3.63) is 9.67 Å². The Labute approximate surface area is 45.3 Å². The van der Waals surface area contributed by atoms with Gasteiger partial charge in [-0.1, -0.05) is 0 Å². The van der Waals surface area contributed by atoms with Crippen molar-refractivity contribution in [3.8, 4) is 0 Å². The Kier molecular flexibility index (Phi) is 0.989. The van der Waals surface area contributed by atoms with Crippen LogP contribution in [0.2, 0.25) is 0 Å². The molecule has 0 aromatic heterocycles. The van der Waals surface area contributed by atoms with Gasteiger partial charge in [0, 0.05) is 0 Å². The number of rotatable bonds is 0. The van der Waals surface area contributed by atoms with Crippen LogP contribution in [0, 0.1) is 0 Å². The van der Waals surface area contributed by atoms with E-state index in [2.05, 4.69) is 6.08 Å². The van der Waals surface area contributed by atoms with Crippen molar-refractivity contribution in [1.82, 2.24) is 0 Å². The van der Waals surface area contributed by atoms with Crippen LogP contribution in [0.4, 0.5) is 0 Å². The van der Waals surface area contributed by atoms with E-state index in [1.54, 1.807) is 26.1 Å². The van der Waals surface area contributed by atoms with Gasteiger partial charge in [-0.25, -0.2) is 0 Å².